The summed E-state index contributed by atoms with van der Waals surface area (Å²) in [5.74, 6) is 1.31. The topological polar surface area (TPSA) is 68.8 Å². The number of aryl methyl sites for hydroxylation is 2. The zero-order valence-corrected chi connectivity index (χ0v) is 7.54. The van der Waals surface area contributed by atoms with Gasteiger partial charge in [0, 0.05) is 13.5 Å². The normalized spacial score (nSPS) is 10.5. The van der Waals surface area contributed by atoms with Crippen molar-refractivity contribution in [2.45, 2.75) is 12.8 Å². The molecule has 0 atom stereocenters. The minimum absolute atomic E-state index is 0.481. The van der Waals surface area contributed by atoms with E-state index in [9.17, 15) is 0 Å². The number of nitrogens with two attached hydrogens (primary N) is 1. The van der Waals surface area contributed by atoms with Gasteiger partial charge in [-0.15, -0.1) is 0 Å². The largest absolute Gasteiger partial charge is 0.368 e. The molecule has 5 nitrogen and oxygen atoms in total. The Kier molecular flexibility index (Phi) is 3.04. The first-order chi connectivity index (χ1) is 5.74. The number of nitrogens with one attached hydrogen (secondary N) is 1. The molecule has 0 fully saturated rings. The zero-order valence-electron chi connectivity index (χ0n) is 7.54. The summed E-state index contributed by atoms with van der Waals surface area (Å²) in [6.45, 7) is 0.984. The van der Waals surface area contributed by atoms with Crippen LogP contribution < -0.4 is 11.1 Å². The molecule has 0 saturated carbocycles. The monoisotopic (exact) mass is 169 g/mol. The molecule has 0 amide bonds. The van der Waals surface area contributed by atoms with E-state index in [1.165, 1.54) is 0 Å². The van der Waals surface area contributed by atoms with Crippen LogP contribution in [0.1, 0.15) is 12.2 Å². The van der Waals surface area contributed by atoms with E-state index in [1.807, 2.05) is 7.05 Å². The molecule has 0 spiro atoms. The summed E-state index contributed by atoms with van der Waals surface area (Å²) in [6, 6.07) is 0. The van der Waals surface area contributed by atoms with E-state index in [2.05, 4.69) is 15.4 Å². The van der Waals surface area contributed by atoms with Crippen LogP contribution in [0.3, 0.4) is 0 Å². The van der Waals surface area contributed by atoms with Crippen LogP contribution in [-0.2, 0) is 13.5 Å². The quantitative estimate of drug-likeness (QED) is 0.599. The third-order valence-electron chi connectivity index (χ3n) is 1.67. The second-order valence-electron chi connectivity index (χ2n) is 2.72. The van der Waals surface area contributed by atoms with Gasteiger partial charge in [0.2, 0.25) is 5.95 Å². The summed E-state index contributed by atoms with van der Waals surface area (Å²) >= 11 is 0. The van der Waals surface area contributed by atoms with Gasteiger partial charge in [-0.25, -0.2) is 4.68 Å². The van der Waals surface area contributed by atoms with Crippen LogP contribution in [0.5, 0.6) is 0 Å². The van der Waals surface area contributed by atoms with Gasteiger partial charge in [-0.1, -0.05) is 0 Å². The third-order valence-corrected chi connectivity index (χ3v) is 1.67. The first-order valence-electron chi connectivity index (χ1n) is 4.04. The molecule has 1 heterocycles. The second-order valence-corrected chi connectivity index (χ2v) is 2.72. The molecular weight excluding hydrogens is 154 g/mol. The highest BCUT2D eigenvalue weighted by Crippen LogP contribution is 1.99. The van der Waals surface area contributed by atoms with Crippen molar-refractivity contribution >= 4 is 5.95 Å². The smallest absolute Gasteiger partial charge is 0.218 e. The lowest BCUT2D eigenvalue weighted by molar-refractivity contribution is 0.686. The highest BCUT2D eigenvalue weighted by atomic mass is 15.4. The summed E-state index contributed by atoms with van der Waals surface area (Å²) in [4.78, 5) is 4.08. The van der Waals surface area contributed by atoms with Crippen LogP contribution in [0.25, 0.3) is 0 Å². The number of nitrogen functional groups attached to an aromatic ring is 1. The SMILES string of the molecule is CNCCCc1nc(N)n(C)n1. The van der Waals surface area contributed by atoms with E-state index in [0.717, 1.165) is 25.2 Å². The number of hydrogen-bond acceptors (Lipinski definition) is 4. The predicted octanol–water partition coefficient (Wildman–Crippen LogP) is -0.451. The van der Waals surface area contributed by atoms with Crippen LogP contribution in [-0.4, -0.2) is 28.4 Å². The van der Waals surface area contributed by atoms with Gasteiger partial charge in [0.15, 0.2) is 5.82 Å². The molecule has 0 aliphatic heterocycles. The fraction of sp³-hybridized carbons (Fsp3) is 0.714. The van der Waals surface area contributed by atoms with Gasteiger partial charge in [-0.05, 0) is 20.0 Å². The number of hydrogen-bond donors (Lipinski definition) is 2. The summed E-state index contributed by atoms with van der Waals surface area (Å²) in [6.07, 6.45) is 1.92. The van der Waals surface area contributed by atoms with Gasteiger partial charge in [-0.2, -0.15) is 10.1 Å². The standard InChI is InChI=1S/C7H15N5/c1-9-5-3-4-6-10-7(8)12(2)11-6/h9H,3-5H2,1-2H3,(H2,8,10,11). The Morgan fingerprint density at radius 2 is 2.33 bits per heavy atom. The van der Waals surface area contributed by atoms with Gasteiger partial charge in [0.25, 0.3) is 0 Å². The Bertz CT molecular complexity index is 222. The highest BCUT2D eigenvalue weighted by molar-refractivity contribution is 5.15. The van der Waals surface area contributed by atoms with Crippen molar-refractivity contribution < 1.29 is 0 Å². The molecule has 0 aromatic carbocycles. The Balaban J connectivity index is 2.42. The van der Waals surface area contributed by atoms with Gasteiger partial charge in [0.05, 0.1) is 0 Å². The molecule has 1 aromatic heterocycles. The lowest BCUT2D eigenvalue weighted by atomic mass is 10.3. The first kappa shape index (κ1) is 8.99. The van der Waals surface area contributed by atoms with Crippen molar-refractivity contribution in [3.63, 3.8) is 0 Å². The number of nitrogens with zero attached hydrogens (tertiary/aromatic N) is 3. The molecule has 0 saturated heterocycles. The molecular formula is C7H15N5. The van der Waals surface area contributed by atoms with Crippen LogP contribution >= 0.6 is 0 Å². The predicted molar refractivity (Wildman–Crippen MR) is 47.7 cm³/mol. The van der Waals surface area contributed by atoms with Gasteiger partial charge in [-0.3, -0.25) is 0 Å². The maximum Gasteiger partial charge on any atom is 0.218 e. The number of rotatable bonds is 4. The lowest BCUT2D eigenvalue weighted by Crippen LogP contribution is -2.08. The first-order valence-corrected chi connectivity index (χ1v) is 4.04. The summed E-state index contributed by atoms with van der Waals surface area (Å²) < 4.78 is 1.59. The van der Waals surface area contributed by atoms with E-state index in [4.69, 9.17) is 5.73 Å². The third kappa shape index (κ3) is 2.20. The van der Waals surface area contributed by atoms with Gasteiger partial charge in [0.1, 0.15) is 0 Å². The maximum atomic E-state index is 5.52. The van der Waals surface area contributed by atoms with Crippen LogP contribution in [0.15, 0.2) is 0 Å². The molecule has 0 aliphatic rings. The van der Waals surface area contributed by atoms with Gasteiger partial charge >= 0.3 is 0 Å². The molecule has 1 rings (SSSR count). The van der Waals surface area contributed by atoms with E-state index in [1.54, 1.807) is 11.7 Å². The Morgan fingerprint density at radius 3 is 2.83 bits per heavy atom. The van der Waals surface area contributed by atoms with Crippen molar-refractivity contribution in [1.82, 2.24) is 20.1 Å². The van der Waals surface area contributed by atoms with E-state index >= 15 is 0 Å². The molecule has 0 aliphatic carbocycles. The van der Waals surface area contributed by atoms with Crippen LogP contribution in [0.4, 0.5) is 5.95 Å². The van der Waals surface area contributed by atoms with E-state index in [0.29, 0.717) is 5.95 Å². The van der Waals surface area contributed by atoms with E-state index < -0.39 is 0 Å². The molecule has 0 bridgehead atoms. The molecule has 1 aromatic rings. The minimum Gasteiger partial charge on any atom is -0.368 e. The fourth-order valence-electron chi connectivity index (χ4n) is 0.981. The average Bonchev–Trinajstić information content (AvgIpc) is 2.32. The van der Waals surface area contributed by atoms with Crippen LogP contribution in [0.2, 0.25) is 0 Å². The summed E-state index contributed by atoms with van der Waals surface area (Å²) in [5.41, 5.74) is 5.52. The second kappa shape index (κ2) is 4.06. The highest BCUT2D eigenvalue weighted by Gasteiger charge is 2.01. The molecule has 0 unspecified atom stereocenters. The molecule has 68 valence electrons. The lowest BCUT2D eigenvalue weighted by Gasteiger charge is -1.94. The average molecular weight is 169 g/mol. The van der Waals surface area contributed by atoms with Crippen molar-refractivity contribution in [2.24, 2.45) is 7.05 Å². The zero-order chi connectivity index (χ0) is 8.97. The van der Waals surface area contributed by atoms with Crippen molar-refractivity contribution in [1.29, 1.82) is 0 Å². The molecule has 0 radical (unpaired) electrons. The summed E-state index contributed by atoms with van der Waals surface area (Å²) in [5, 5.41) is 7.20. The summed E-state index contributed by atoms with van der Waals surface area (Å²) in [7, 11) is 3.73. The fourth-order valence-corrected chi connectivity index (χ4v) is 0.981. The molecule has 3 N–H and O–H groups in total. The number of anilines is 1. The Hall–Kier alpha value is -1.10. The Labute approximate surface area is 72.0 Å². The molecule has 12 heavy (non-hydrogen) atoms. The van der Waals surface area contributed by atoms with Crippen LogP contribution in [0, 0.1) is 0 Å². The van der Waals surface area contributed by atoms with Crippen molar-refractivity contribution in [2.75, 3.05) is 19.3 Å². The van der Waals surface area contributed by atoms with Gasteiger partial charge < -0.3 is 11.1 Å². The van der Waals surface area contributed by atoms with E-state index in [-0.39, 0.29) is 0 Å². The van der Waals surface area contributed by atoms with Crippen molar-refractivity contribution in [3.8, 4) is 0 Å². The number of aromatic nitrogens is 3. The maximum absolute atomic E-state index is 5.52. The minimum atomic E-state index is 0.481. The van der Waals surface area contributed by atoms with Crippen molar-refractivity contribution in [3.05, 3.63) is 5.82 Å². The molecule has 5 heteroatoms. The Morgan fingerprint density at radius 1 is 1.58 bits per heavy atom.